The fraction of sp³-hybridized carbons (Fsp3) is 0.385. The standard InChI is InChI=1S/C13H17BrN4S/c1-4-15-12-11(14)13(17-8-16-12)18(3)9(2)10-6-5-7-19-10/h5-9H,4H2,1-3H3,(H,15,16,17). The van der Waals surface area contributed by atoms with Gasteiger partial charge in [-0.25, -0.2) is 9.97 Å². The van der Waals surface area contributed by atoms with E-state index in [1.165, 1.54) is 4.88 Å². The topological polar surface area (TPSA) is 41.1 Å². The van der Waals surface area contributed by atoms with Crippen LogP contribution in [0.2, 0.25) is 0 Å². The molecule has 1 atom stereocenters. The molecule has 0 bridgehead atoms. The van der Waals surface area contributed by atoms with Gasteiger partial charge in [-0.1, -0.05) is 6.07 Å². The van der Waals surface area contributed by atoms with Gasteiger partial charge in [-0.15, -0.1) is 11.3 Å². The SMILES string of the molecule is CCNc1ncnc(N(C)C(C)c2cccs2)c1Br. The summed E-state index contributed by atoms with van der Waals surface area (Å²) in [6, 6.07) is 4.50. The van der Waals surface area contributed by atoms with Crippen LogP contribution in [0.3, 0.4) is 0 Å². The van der Waals surface area contributed by atoms with Crippen LogP contribution in [0.1, 0.15) is 24.8 Å². The van der Waals surface area contributed by atoms with Gasteiger partial charge in [-0.05, 0) is 41.2 Å². The van der Waals surface area contributed by atoms with Crippen LogP contribution in [0.4, 0.5) is 11.6 Å². The number of nitrogens with zero attached hydrogens (tertiary/aromatic N) is 3. The molecule has 0 radical (unpaired) electrons. The first-order valence-electron chi connectivity index (χ1n) is 6.15. The highest BCUT2D eigenvalue weighted by Gasteiger charge is 2.18. The normalized spacial score (nSPS) is 12.2. The van der Waals surface area contributed by atoms with E-state index in [1.807, 2.05) is 14.0 Å². The molecule has 2 heterocycles. The predicted molar refractivity (Wildman–Crippen MR) is 85.0 cm³/mol. The molecule has 19 heavy (non-hydrogen) atoms. The number of rotatable bonds is 5. The van der Waals surface area contributed by atoms with Gasteiger partial charge in [0.1, 0.15) is 22.4 Å². The van der Waals surface area contributed by atoms with Crippen molar-refractivity contribution >= 4 is 38.9 Å². The van der Waals surface area contributed by atoms with E-state index in [0.717, 1.165) is 22.7 Å². The van der Waals surface area contributed by atoms with Crippen LogP contribution in [-0.2, 0) is 0 Å². The van der Waals surface area contributed by atoms with Crippen LogP contribution < -0.4 is 10.2 Å². The van der Waals surface area contributed by atoms with Gasteiger partial charge in [-0.2, -0.15) is 0 Å². The summed E-state index contributed by atoms with van der Waals surface area (Å²) in [4.78, 5) is 12.1. The number of nitrogens with one attached hydrogen (secondary N) is 1. The van der Waals surface area contributed by atoms with Crippen molar-refractivity contribution in [1.29, 1.82) is 0 Å². The van der Waals surface area contributed by atoms with Gasteiger partial charge in [-0.3, -0.25) is 0 Å². The minimum atomic E-state index is 0.278. The highest BCUT2D eigenvalue weighted by Crippen LogP contribution is 2.34. The van der Waals surface area contributed by atoms with Gasteiger partial charge >= 0.3 is 0 Å². The monoisotopic (exact) mass is 340 g/mol. The van der Waals surface area contributed by atoms with Gasteiger partial charge < -0.3 is 10.2 Å². The average Bonchev–Trinajstić information content (AvgIpc) is 2.94. The second kappa shape index (κ2) is 6.34. The molecule has 1 unspecified atom stereocenters. The zero-order chi connectivity index (χ0) is 13.8. The Morgan fingerprint density at radius 2 is 2.26 bits per heavy atom. The number of aromatic nitrogens is 2. The summed E-state index contributed by atoms with van der Waals surface area (Å²) in [5, 5.41) is 5.32. The summed E-state index contributed by atoms with van der Waals surface area (Å²) in [6.07, 6.45) is 1.59. The molecule has 2 aromatic heterocycles. The number of thiophene rings is 1. The van der Waals surface area contributed by atoms with Crippen LogP contribution >= 0.6 is 27.3 Å². The maximum absolute atomic E-state index is 4.38. The third-order valence-corrected chi connectivity index (χ3v) is 4.76. The van der Waals surface area contributed by atoms with E-state index in [4.69, 9.17) is 0 Å². The van der Waals surface area contributed by atoms with Gasteiger partial charge in [0, 0.05) is 18.5 Å². The molecule has 0 aromatic carbocycles. The Kier molecular flexibility index (Phi) is 4.76. The molecule has 0 amide bonds. The van der Waals surface area contributed by atoms with Crippen LogP contribution in [0.15, 0.2) is 28.3 Å². The van der Waals surface area contributed by atoms with E-state index in [-0.39, 0.29) is 6.04 Å². The Balaban J connectivity index is 2.28. The zero-order valence-corrected chi connectivity index (χ0v) is 13.6. The van der Waals surface area contributed by atoms with Crippen molar-refractivity contribution in [2.75, 3.05) is 23.8 Å². The molecule has 2 rings (SSSR count). The van der Waals surface area contributed by atoms with Crippen molar-refractivity contribution in [2.24, 2.45) is 0 Å². The van der Waals surface area contributed by atoms with Crippen LogP contribution in [0, 0.1) is 0 Å². The first kappa shape index (κ1) is 14.3. The van der Waals surface area contributed by atoms with E-state index in [9.17, 15) is 0 Å². The van der Waals surface area contributed by atoms with Gasteiger partial charge in [0.15, 0.2) is 0 Å². The molecule has 1 N–H and O–H groups in total. The number of hydrogen-bond acceptors (Lipinski definition) is 5. The van der Waals surface area contributed by atoms with Crippen molar-refractivity contribution in [2.45, 2.75) is 19.9 Å². The Morgan fingerprint density at radius 1 is 1.47 bits per heavy atom. The van der Waals surface area contributed by atoms with Gasteiger partial charge in [0.25, 0.3) is 0 Å². The van der Waals surface area contributed by atoms with E-state index >= 15 is 0 Å². The molecule has 2 aromatic rings. The third-order valence-electron chi connectivity index (χ3n) is 2.99. The van der Waals surface area contributed by atoms with E-state index in [1.54, 1.807) is 17.7 Å². The van der Waals surface area contributed by atoms with Crippen molar-refractivity contribution in [3.63, 3.8) is 0 Å². The molecule has 0 saturated heterocycles. The van der Waals surface area contributed by atoms with E-state index < -0.39 is 0 Å². The van der Waals surface area contributed by atoms with Crippen molar-refractivity contribution < 1.29 is 0 Å². The summed E-state index contributed by atoms with van der Waals surface area (Å²) in [5.41, 5.74) is 0. The third kappa shape index (κ3) is 3.06. The highest BCUT2D eigenvalue weighted by molar-refractivity contribution is 9.10. The first-order chi connectivity index (χ1) is 9.15. The minimum Gasteiger partial charge on any atom is -0.369 e. The molecule has 6 heteroatoms. The fourth-order valence-corrected chi connectivity index (χ4v) is 3.25. The Morgan fingerprint density at radius 3 is 2.89 bits per heavy atom. The lowest BCUT2D eigenvalue weighted by atomic mass is 10.2. The van der Waals surface area contributed by atoms with E-state index in [0.29, 0.717) is 0 Å². The summed E-state index contributed by atoms with van der Waals surface area (Å²) in [5.74, 6) is 1.73. The molecule has 0 fully saturated rings. The summed E-state index contributed by atoms with van der Waals surface area (Å²) in [6.45, 7) is 5.05. The second-order valence-corrected chi connectivity index (χ2v) is 5.96. The molecule has 0 aliphatic rings. The quantitative estimate of drug-likeness (QED) is 0.895. The molecular weight excluding hydrogens is 324 g/mol. The fourth-order valence-electron chi connectivity index (χ4n) is 1.80. The maximum atomic E-state index is 4.38. The maximum Gasteiger partial charge on any atom is 0.148 e. The van der Waals surface area contributed by atoms with Gasteiger partial charge in [0.2, 0.25) is 0 Å². The Hall–Kier alpha value is -1.14. The summed E-state index contributed by atoms with van der Waals surface area (Å²) < 4.78 is 0.905. The lowest BCUT2D eigenvalue weighted by Crippen LogP contribution is -2.23. The minimum absolute atomic E-state index is 0.278. The van der Waals surface area contributed by atoms with Crippen LogP contribution in [0.5, 0.6) is 0 Å². The zero-order valence-electron chi connectivity index (χ0n) is 11.2. The lowest BCUT2D eigenvalue weighted by Gasteiger charge is -2.26. The number of anilines is 2. The average molecular weight is 341 g/mol. The van der Waals surface area contributed by atoms with Gasteiger partial charge in [0.05, 0.1) is 6.04 Å². The molecule has 102 valence electrons. The van der Waals surface area contributed by atoms with E-state index in [2.05, 4.69) is 60.6 Å². The summed E-state index contributed by atoms with van der Waals surface area (Å²) in [7, 11) is 2.05. The summed E-state index contributed by atoms with van der Waals surface area (Å²) >= 11 is 5.35. The van der Waals surface area contributed by atoms with Crippen LogP contribution in [0.25, 0.3) is 0 Å². The number of halogens is 1. The lowest BCUT2D eigenvalue weighted by molar-refractivity contribution is 0.738. The highest BCUT2D eigenvalue weighted by atomic mass is 79.9. The Bertz CT molecular complexity index is 529. The van der Waals surface area contributed by atoms with Crippen molar-refractivity contribution in [3.8, 4) is 0 Å². The van der Waals surface area contributed by atoms with Crippen LogP contribution in [-0.4, -0.2) is 23.6 Å². The molecule has 0 aliphatic carbocycles. The first-order valence-corrected chi connectivity index (χ1v) is 7.83. The molecule has 0 saturated carbocycles. The molecule has 0 spiro atoms. The smallest absolute Gasteiger partial charge is 0.148 e. The molecule has 0 aliphatic heterocycles. The van der Waals surface area contributed by atoms with Crippen molar-refractivity contribution in [1.82, 2.24) is 9.97 Å². The number of hydrogen-bond donors (Lipinski definition) is 1. The second-order valence-electron chi connectivity index (χ2n) is 4.19. The van der Waals surface area contributed by atoms with Crippen molar-refractivity contribution in [3.05, 3.63) is 33.2 Å². The molecule has 4 nitrogen and oxygen atoms in total. The largest absolute Gasteiger partial charge is 0.369 e. The Labute approximate surface area is 126 Å². The predicted octanol–water partition coefficient (Wildman–Crippen LogP) is 3.93. The molecular formula is C13H17BrN4S.